The van der Waals surface area contributed by atoms with E-state index in [9.17, 15) is 0 Å². The lowest BCUT2D eigenvalue weighted by Crippen LogP contribution is -2.15. The molecular formula is C14H22O. The zero-order valence-electron chi connectivity index (χ0n) is 10.5. The predicted molar refractivity (Wildman–Crippen MR) is 65.0 cm³/mol. The van der Waals surface area contributed by atoms with Gasteiger partial charge in [0.25, 0.3) is 0 Å². The first-order valence-electron chi connectivity index (χ1n) is 5.53. The van der Waals surface area contributed by atoms with E-state index < -0.39 is 0 Å². The Labute approximate surface area is 93.5 Å². The van der Waals surface area contributed by atoms with Crippen molar-refractivity contribution in [2.45, 2.75) is 40.2 Å². The van der Waals surface area contributed by atoms with Crippen LogP contribution in [0.4, 0.5) is 0 Å². The molecule has 0 saturated heterocycles. The molecule has 0 aliphatic rings. The fourth-order valence-electron chi connectivity index (χ4n) is 1.57. The van der Waals surface area contributed by atoms with Gasteiger partial charge in [-0.25, -0.2) is 0 Å². The number of benzene rings is 1. The summed E-state index contributed by atoms with van der Waals surface area (Å²) in [5.41, 5.74) is 2.97. The van der Waals surface area contributed by atoms with Gasteiger partial charge < -0.3 is 4.74 Å². The van der Waals surface area contributed by atoms with Crippen molar-refractivity contribution in [2.75, 3.05) is 7.11 Å². The molecule has 1 unspecified atom stereocenters. The minimum Gasteiger partial charge on any atom is -0.380 e. The van der Waals surface area contributed by atoms with Crippen molar-refractivity contribution >= 4 is 0 Å². The zero-order valence-corrected chi connectivity index (χ0v) is 10.5. The van der Waals surface area contributed by atoms with Crippen molar-refractivity contribution in [3.05, 3.63) is 35.4 Å². The van der Waals surface area contributed by atoms with Crippen LogP contribution in [0.1, 0.15) is 44.7 Å². The molecule has 0 radical (unpaired) electrons. The van der Waals surface area contributed by atoms with Gasteiger partial charge in [-0.2, -0.15) is 0 Å². The van der Waals surface area contributed by atoms with Crippen LogP contribution in [-0.4, -0.2) is 7.11 Å². The molecule has 1 aromatic rings. The third-order valence-corrected chi connectivity index (χ3v) is 3.09. The number of hydrogen-bond acceptors (Lipinski definition) is 1. The van der Waals surface area contributed by atoms with E-state index in [1.54, 1.807) is 7.11 Å². The Kier molecular flexibility index (Phi) is 3.92. The Hall–Kier alpha value is -0.820. The van der Waals surface area contributed by atoms with Crippen LogP contribution in [0.2, 0.25) is 0 Å². The van der Waals surface area contributed by atoms with Crippen LogP contribution in [0.15, 0.2) is 24.3 Å². The SMILES string of the molecule is COCc1ccc(C(C)C(C)(C)C)cc1. The summed E-state index contributed by atoms with van der Waals surface area (Å²) >= 11 is 0. The highest BCUT2D eigenvalue weighted by atomic mass is 16.5. The van der Waals surface area contributed by atoms with Crippen LogP contribution in [0.3, 0.4) is 0 Å². The summed E-state index contributed by atoms with van der Waals surface area (Å²) in [6.45, 7) is 9.82. The van der Waals surface area contributed by atoms with Crippen LogP contribution in [0.25, 0.3) is 0 Å². The number of ether oxygens (including phenoxy) is 1. The minimum absolute atomic E-state index is 0.322. The Morgan fingerprint density at radius 1 is 1.13 bits per heavy atom. The molecule has 0 spiro atoms. The van der Waals surface area contributed by atoms with Gasteiger partial charge in [-0.3, -0.25) is 0 Å². The van der Waals surface area contributed by atoms with Gasteiger partial charge in [0.15, 0.2) is 0 Å². The predicted octanol–water partition coefficient (Wildman–Crippen LogP) is 3.98. The molecule has 0 aliphatic carbocycles. The molecule has 1 aromatic carbocycles. The molecule has 15 heavy (non-hydrogen) atoms. The van der Waals surface area contributed by atoms with Gasteiger partial charge >= 0.3 is 0 Å². The summed E-state index contributed by atoms with van der Waals surface area (Å²) < 4.78 is 5.10. The Bertz CT molecular complexity index is 292. The standard InChI is InChI=1S/C14H22O/c1-11(14(2,3)4)13-8-6-12(7-9-13)10-15-5/h6-9,11H,10H2,1-5H3. The molecule has 1 nitrogen and oxygen atoms in total. The second-order valence-electron chi connectivity index (χ2n) is 5.26. The zero-order chi connectivity index (χ0) is 11.5. The Balaban J connectivity index is 2.80. The Morgan fingerprint density at radius 3 is 2.07 bits per heavy atom. The third kappa shape index (κ3) is 3.35. The molecule has 1 rings (SSSR count). The average Bonchev–Trinajstić information content (AvgIpc) is 2.17. The lowest BCUT2D eigenvalue weighted by Gasteiger charge is -2.27. The van der Waals surface area contributed by atoms with Gasteiger partial charge in [0.2, 0.25) is 0 Å². The summed E-state index contributed by atoms with van der Waals surface area (Å²) in [4.78, 5) is 0. The maximum atomic E-state index is 5.10. The molecule has 0 amide bonds. The van der Waals surface area contributed by atoms with Crippen molar-refractivity contribution < 1.29 is 4.74 Å². The van der Waals surface area contributed by atoms with E-state index in [1.807, 2.05) is 0 Å². The van der Waals surface area contributed by atoms with Gasteiger partial charge in [0.1, 0.15) is 0 Å². The largest absolute Gasteiger partial charge is 0.380 e. The monoisotopic (exact) mass is 206 g/mol. The highest BCUT2D eigenvalue weighted by molar-refractivity contribution is 5.25. The summed E-state index contributed by atoms with van der Waals surface area (Å²) in [5, 5.41) is 0. The lowest BCUT2D eigenvalue weighted by molar-refractivity contribution is 0.185. The quantitative estimate of drug-likeness (QED) is 0.726. The maximum absolute atomic E-state index is 5.10. The second kappa shape index (κ2) is 4.80. The molecule has 0 N–H and O–H groups in total. The van der Waals surface area contributed by atoms with Crippen molar-refractivity contribution in [2.24, 2.45) is 5.41 Å². The maximum Gasteiger partial charge on any atom is 0.0713 e. The van der Waals surface area contributed by atoms with Crippen molar-refractivity contribution in [1.82, 2.24) is 0 Å². The number of hydrogen-bond donors (Lipinski definition) is 0. The molecule has 0 aromatic heterocycles. The minimum atomic E-state index is 0.322. The van der Waals surface area contributed by atoms with E-state index in [0.29, 0.717) is 17.9 Å². The van der Waals surface area contributed by atoms with Gasteiger partial charge in [-0.1, -0.05) is 52.0 Å². The van der Waals surface area contributed by atoms with E-state index >= 15 is 0 Å². The highest BCUT2D eigenvalue weighted by Crippen LogP contribution is 2.34. The topological polar surface area (TPSA) is 9.23 Å². The fraction of sp³-hybridized carbons (Fsp3) is 0.571. The number of methoxy groups -OCH3 is 1. The van der Waals surface area contributed by atoms with Crippen LogP contribution in [-0.2, 0) is 11.3 Å². The molecule has 0 bridgehead atoms. The van der Waals surface area contributed by atoms with Gasteiger partial charge in [0.05, 0.1) is 6.61 Å². The van der Waals surface area contributed by atoms with E-state index in [0.717, 1.165) is 0 Å². The van der Waals surface area contributed by atoms with Gasteiger partial charge in [-0.15, -0.1) is 0 Å². The summed E-state index contributed by atoms with van der Waals surface area (Å²) in [6, 6.07) is 8.73. The molecule has 84 valence electrons. The number of rotatable bonds is 3. The molecule has 0 heterocycles. The Morgan fingerprint density at radius 2 is 1.67 bits per heavy atom. The lowest BCUT2D eigenvalue weighted by atomic mass is 9.78. The van der Waals surface area contributed by atoms with Gasteiger partial charge in [0, 0.05) is 7.11 Å². The van der Waals surface area contributed by atoms with Crippen LogP contribution >= 0.6 is 0 Å². The molecular weight excluding hydrogens is 184 g/mol. The van der Waals surface area contributed by atoms with Crippen LogP contribution < -0.4 is 0 Å². The van der Waals surface area contributed by atoms with Gasteiger partial charge in [-0.05, 0) is 22.5 Å². The molecule has 0 fully saturated rings. The molecule has 1 heteroatoms. The van der Waals surface area contributed by atoms with Crippen molar-refractivity contribution in [3.8, 4) is 0 Å². The molecule has 1 atom stereocenters. The van der Waals surface area contributed by atoms with E-state index in [1.165, 1.54) is 11.1 Å². The first-order valence-corrected chi connectivity index (χ1v) is 5.53. The van der Waals surface area contributed by atoms with Crippen molar-refractivity contribution in [3.63, 3.8) is 0 Å². The van der Waals surface area contributed by atoms with Crippen LogP contribution in [0.5, 0.6) is 0 Å². The normalized spacial score (nSPS) is 13.9. The van der Waals surface area contributed by atoms with E-state index in [2.05, 4.69) is 52.0 Å². The van der Waals surface area contributed by atoms with E-state index in [4.69, 9.17) is 4.74 Å². The van der Waals surface area contributed by atoms with E-state index in [-0.39, 0.29) is 0 Å². The van der Waals surface area contributed by atoms with Crippen LogP contribution in [0, 0.1) is 5.41 Å². The summed E-state index contributed by atoms with van der Waals surface area (Å²) in [7, 11) is 1.73. The first kappa shape index (κ1) is 12.3. The average molecular weight is 206 g/mol. The van der Waals surface area contributed by atoms with Crippen molar-refractivity contribution in [1.29, 1.82) is 0 Å². The summed E-state index contributed by atoms with van der Waals surface area (Å²) in [5.74, 6) is 0.578. The second-order valence-corrected chi connectivity index (χ2v) is 5.26. The molecule has 0 aliphatic heterocycles. The smallest absolute Gasteiger partial charge is 0.0713 e. The molecule has 0 saturated carbocycles. The fourth-order valence-corrected chi connectivity index (χ4v) is 1.57. The highest BCUT2D eigenvalue weighted by Gasteiger charge is 2.21. The summed E-state index contributed by atoms with van der Waals surface area (Å²) in [6.07, 6.45) is 0. The first-order chi connectivity index (χ1) is 6.95. The third-order valence-electron chi connectivity index (χ3n) is 3.09.